The average Bonchev–Trinajstić information content (AvgIpc) is 3.38. The molecule has 0 aromatic rings. The third kappa shape index (κ3) is 6.42. The number of amides is 2. The van der Waals surface area contributed by atoms with E-state index in [0.717, 1.165) is 25.7 Å². The number of ether oxygens (including phenoxy) is 1. The fourth-order valence-corrected chi connectivity index (χ4v) is 4.17. The molecular formula is C22H34N2O5. The number of rotatable bonds is 11. The molecule has 2 heterocycles. The van der Waals surface area contributed by atoms with Crippen molar-refractivity contribution in [2.24, 2.45) is 5.92 Å². The van der Waals surface area contributed by atoms with E-state index in [9.17, 15) is 19.5 Å². The first-order valence-corrected chi connectivity index (χ1v) is 10.6. The summed E-state index contributed by atoms with van der Waals surface area (Å²) in [6.07, 6.45) is 8.06. The molecule has 2 aliphatic heterocycles. The van der Waals surface area contributed by atoms with Crippen molar-refractivity contribution < 1.29 is 24.2 Å². The molecule has 2 saturated heterocycles. The number of carbonyl (C=O) groups is 3. The first kappa shape index (κ1) is 23.1. The summed E-state index contributed by atoms with van der Waals surface area (Å²) in [5, 5.41) is 9.47. The summed E-state index contributed by atoms with van der Waals surface area (Å²) in [6.45, 7) is 8.72. The van der Waals surface area contributed by atoms with Gasteiger partial charge in [-0.2, -0.15) is 0 Å². The Morgan fingerprint density at radius 2 is 1.76 bits per heavy atom. The number of likely N-dealkylation sites (tertiary alicyclic amines) is 2. The Hall–Kier alpha value is -2.15. The number of hydrogen-bond acceptors (Lipinski definition) is 5. The highest BCUT2D eigenvalue weighted by atomic mass is 16.5. The number of nitrogens with zero attached hydrogens (tertiary/aromatic N) is 2. The molecule has 1 N–H and O–H groups in total. The second-order valence-electron chi connectivity index (χ2n) is 7.83. The molecule has 2 rings (SSSR count). The van der Waals surface area contributed by atoms with Crippen molar-refractivity contribution in [1.29, 1.82) is 0 Å². The molecule has 0 saturated carbocycles. The minimum Gasteiger partial charge on any atom is -0.463 e. The van der Waals surface area contributed by atoms with Crippen LogP contribution in [0.2, 0.25) is 0 Å². The fourth-order valence-electron chi connectivity index (χ4n) is 4.17. The van der Waals surface area contributed by atoms with Gasteiger partial charge in [0.2, 0.25) is 11.8 Å². The van der Waals surface area contributed by atoms with Crippen LogP contribution in [0.4, 0.5) is 0 Å². The fraction of sp³-hybridized carbons (Fsp3) is 0.682. The van der Waals surface area contributed by atoms with E-state index in [1.54, 1.807) is 22.0 Å². The number of aliphatic hydroxyl groups excluding tert-OH is 1. The van der Waals surface area contributed by atoms with E-state index in [0.29, 0.717) is 32.4 Å². The van der Waals surface area contributed by atoms with E-state index >= 15 is 0 Å². The van der Waals surface area contributed by atoms with Crippen molar-refractivity contribution in [3.05, 3.63) is 25.3 Å². The molecule has 7 heteroatoms. The highest BCUT2D eigenvalue weighted by Crippen LogP contribution is 2.25. The average molecular weight is 407 g/mol. The van der Waals surface area contributed by atoms with Gasteiger partial charge in [-0.3, -0.25) is 14.4 Å². The summed E-state index contributed by atoms with van der Waals surface area (Å²) >= 11 is 0. The van der Waals surface area contributed by atoms with Crippen LogP contribution >= 0.6 is 0 Å². The normalized spacial score (nSPS) is 22.4. The highest BCUT2D eigenvalue weighted by molar-refractivity contribution is 5.86. The van der Waals surface area contributed by atoms with Crippen LogP contribution in [0.1, 0.15) is 51.4 Å². The van der Waals surface area contributed by atoms with Crippen LogP contribution in [-0.4, -0.2) is 71.1 Å². The molecule has 0 aromatic carbocycles. The topological polar surface area (TPSA) is 87.2 Å². The molecule has 2 fully saturated rings. The van der Waals surface area contributed by atoms with Gasteiger partial charge in [0.05, 0.1) is 24.6 Å². The lowest BCUT2D eigenvalue weighted by Crippen LogP contribution is -2.44. The molecule has 0 radical (unpaired) electrons. The number of aliphatic hydroxyl groups is 1. The zero-order valence-corrected chi connectivity index (χ0v) is 17.3. The number of hydrogen-bond donors (Lipinski definition) is 1. The largest absolute Gasteiger partial charge is 0.463 e. The van der Waals surface area contributed by atoms with Crippen LogP contribution in [0.15, 0.2) is 25.3 Å². The Morgan fingerprint density at radius 1 is 1.07 bits per heavy atom. The van der Waals surface area contributed by atoms with E-state index < -0.39 is 5.92 Å². The molecule has 0 spiro atoms. The number of carbonyl (C=O) groups excluding carboxylic acids is 3. The van der Waals surface area contributed by atoms with E-state index in [1.165, 1.54) is 0 Å². The van der Waals surface area contributed by atoms with Gasteiger partial charge in [-0.15, -0.1) is 13.2 Å². The minimum atomic E-state index is -0.475. The van der Waals surface area contributed by atoms with E-state index in [-0.39, 0.29) is 49.5 Å². The Morgan fingerprint density at radius 3 is 2.41 bits per heavy atom. The van der Waals surface area contributed by atoms with E-state index in [2.05, 4.69) is 13.2 Å². The molecule has 7 nitrogen and oxygen atoms in total. The summed E-state index contributed by atoms with van der Waals surface area (Å²) in [5.74, 6) is -0.931. The van der Waals surface area contributed by atoms with Crippen molar-refractivity contribution >= 4 is 17.8 Å². The van der Waals surface area contributed by atoms with Gasteiger partial charge in [0.1, 0.15) is 6.61 Å². The molecule has 3 unspecified atom stereocenters. The standard InChI is InChI=1S/C22H34N2O5/c1-3-5-11-21(27)29-16-19-10-7-13-24(19)22(28)17(8-4-2)14-20(26)23-12-6-9-18(23)15-25/h3-4,17-19,25H,1-2,5-16H2. The lowest BCUT2D eigenvalue weighted by Gasteiger charge is -2.30. The SMILES string of the molecule is C=CCCC(=O)OCC1CCCN1C(=O)C(CC=C)CC(=O)N1CCCC1CO. The second-order valence-corrected chi connectivity index (χ2v) is 7.83. The van der Waals surface area contributed by atoms with Crippen LogP contribution in [0.5, 0.6) is 0 Å². The molecule has 0 aliphatic carbocycles. The summed E-state index contributed by atoms with van der Waals surface area (Å²) < 4.78 is 5.34. The number of esters is 1. The van der Waals surface area contributed by atoms with Crippen molar-refractivity contribution in [3.8, 4) is 0 Å². The van der Waals surface area contributed by atoms with Crippen molar-refractivity contribution in [1.82, 2.24) is 9.80 Å². The van der Waals surface area contributed by atoms with Gasteiger partial charge in [0.25, 0.3) is 0 Å². The van der Waals surface area contributed by atoms with Crippen molar-refractivity contribution in [2.75, 3.05) is 26.3 Å². The molecule has 2 aliphatic rings. The first-order valence-electron chi connectivity index (χ1n) is 10.6. The smallest absolute Gasteiger partial charge is 0.306 e. The monoisotopic (exact) mass is 406 g/mol. The third-order valence-electron chi connectivity index (χ3n) is 5.78. The highest BCUT2D eigenvalue weighted by Gasteiger charge is 2.36. The molecule has 162 valence electrons. The van der Waals surface area contributed by atoms with E-state index in [4.69, 9.17) is 4.74 Å². The van der Waals surface area contributed by atoms with E-state index in [1.807, 2.05) is 0 Å². The van der Waals surface area contributed by atoms with Gasteiger partial charge in [0.15, 0.2) is 0 Å². The number of allylic oxidation sites excluding steroid dienone is 2. The molecule has 3 atom stereocenters. The molecule has 29 heavy (non-hydrogen) atoms. The Balaban J connectivity index is 1.95. The zero-order valence-electron chi connectivity index (χ0n) is 17.3. The summed E-state index contributed by atoms with van der Waals surface area (Å²) in [5.41, 5.74) is 0. The third-order valence-corrected chi connectivity index (χ3v) is 5.78. The Kier molecular flexibility index (Phi) is 9.38. The lowest BCUT2D eigenvalue weighted by atomic mass is 9.98. The Bertz CT molecular complexity index is 606. The predicted octanol–water partition coefficient (Wildman–Crippen LogP) is 2.05. The molecule has 2 amide bonds. The maximum absolute atomic E-state index is 13.2. The molecule has 0 bridgehead atoms. The van der Waals surface area contributed by atoms with Crippen molar-refractivity contribution in [3.63, 3.8) is 0 Å². The van der Waals surface area contributed by atoms with Crippen LogP contribution < -0.4 is 0 Å². The van der Waals surface area contributed by atoms with Crippen LogP contribution in [0.25, 0.3) is 0 Å². The summed E-state index contributed by atoms with van der Waals surface area (Å²) in [4.78, 5) is 41.1. The summed E-state index contributed by atoms with van der Waals surface area (Å²) in [7, 11) is 0. The van der Waals surface area contributed by atoms with Crippen LogP contribution in [0, 0.1) is 5.92 Å². The van der Waals surface area contributed by atoms with Gasteiger partial charge in [0, 0.05) is 25.9 Å². The minimum absolute atomic E-state index is 0.0444. The van der Waals surface area contributed by atoms with Gasteiger partial charge >= 0.3 is 5.97 Å². The van der Waals surface area contributed by atoms with Gasteiger partial charge in [-0.25, -0.2) is 0 Å². The second kappa shape index (κ2) is 11.8. The van der Waals surface area contributed by atoms with Gasteiger partial charge in [-0.05, 0) is 38.5 Å². The van der Waals surface area contributed by atoms with Gasteiger partial charge < -0.3 is 19.6 Å². The maximum atomic E-state index is 13.2. The Labute approximate surface area is 173 Å². The van der Waals surface area contributed by atoms with Crippen LogP contribution in [-0.2, 0) is 19.1 Å². The first-order chi connectivity index (χ1) is 14.0. The van der Waals surface area contributed by atoms with Gasteiger partial charge in [-0.1, -0.05) is 12.2 Å². The quantitative estimate of drug-likeness (QED) is 0.419. The molecule has 0 aromatic heterocycles. The van der Waals surface area contributed by atoms with Crippen LogP contribution in [0.3, 0.4) is 0 Å². The maximum Gasteiger partial charge on any atom is 0.306 e. The predicted molar refractivity (Wildman–Crippen MR) is 110 cm³/mol. The molecular weight excluding hydrogens is 372 g/mol. The summed E-state index contributed by atoms with van der Waals surface area (Å²) in [6, 6.07) is -0.286. The zero-order chi connectivity index (χ0) is 21.2. The van der Waals surface area contributed by atoms with Crippen molar-refractivity contribution in [2.45, 2.75) is 63.5 Å². The lowest BCUT2D eigenvalue weighted by molar-refractivity contribution is -0.149.